The van der Waals surface area contributed by atoms with Crippen LogP contribution in [0.25, 0.3) is 16.8 Å². The summed E-state index contributed by atoms with van der Waals surface area (Å²) in [6.45, 7) is 0. The Hall–Kier alpha value is -3.32. The van der Waals surface area contributed by atoms with Gasteiger partial charge in [0.1, 0.15) is 5.82 Å². The second kappa shape index (κ2) is 7.60. The van der Waals surface area contributed by atoms with Gasteiger partial charge in [0.2, 0.25) is 11.8 Å². The number of hydrogen-bond acceptors (Lipinski definition) is 4. The van der Waals surface area contributed by atoms with Crippen LogP contribution in [0.5, 0.6) is 0 Å². The molecule has 1 aliphatic heterocycles. The van der Waals surface area contributed by atoms with Crippen LogP contribution < -0.4 is 11.0 Å². The number of aromatic nitrogens is 2. The second-order valence-corrected chi connectivity index (χ2v) is 7.03. The molecule has 1 unspecified atom stereocenters. The van der Waals surface area contributed by atoms with Crippen molar-refractivity contribution >= 4 is 23.4 Å². The highest BCUT2D eigenvalue weighted by atomic mass is 35.5. The van der Waals surface area contributed by atoms with Crippen LogP contribution in [0.3, 0.4) is 0 Å². The van der Waals surface area contributed by atoms with Gasteiger partial charge in [-0.3, -0.25) is 19.5 Å². The predicted molar refractivity (Wildman–Crippen MR) is 105 cm³/mol. The molecular weight excluding hydrogens is 397 g/mol. The molecule has 0 saturated carbocycles. The largest absolute Gasteiger partial charge is 0.352 e. The topological polar surface area (TPSA) is 81.1 Å². The lowest BCUT2D eigenvalue weighted by molar-refractivity contribution is -0.134. The number of amides is 2. The lowest BCUT2D eigenvalue weighted by Crippen LogP contribution is -2.39. The third-order valence-corrected chi connectivity index (χ3v) is 5.30. The van der Waals surface area contributed by atoms with Crippen LogP contribution in [-0.4, -0.2) is 21.4 Å². The highest BCUT2D eigenvalue weighted by molar-refractivity contribution is 6.34. The van der Waals surface area contributed by atoms with E-state index < -0.39 is 23.3 Å². The van der Waals surface area contributed by atoms with Crippen molar-refractivity contribution in [3.05, 3.63) is 81.7 Å². The number of benzene rings is 2. The summed E-state index contributed by atoms with van der Waals surface area (Å²) in [4.78, 5) is 39.1. The number of imide groups is 1. The molecule has 2 amide bonds. The first-order chi connectivity index (χ1) is 14.0. The number of rotatable bonds is 3. The number of carbonyl (C=O) groups is 2. The molecule has 1 aromatic heterocycles. The molecule has 3 aromatic rings. The second-order valence-electron chi connectivity index (χ2n) is 6.65. The van der Waals surface area contributed by atoms with E-state index in [9.17, 15) is 18.8 Å². The quantitative estimate of drug-likeness (QED) is 0.671. The first-order valence-corrected chi connectivity index (χ1v) is 9.29. The van der Waals surface area contributed by atoms with Gasteiger partial charge in [-0.2, -0.15) is 0 Å². The van der Waals surface area contributed by atoms with Crippen molar-refractivity contribution in [1.82, 2.24) is 14.9 Å². The first kappa shape index (κ1) is 19.0. The van der Waals surface area contributed by atoms with Crippen molar-refractivity contribution in [2.75, 3.05) is 0 Å². The van der Waals surface area contributed by atoms with E-state index in [4.69, 9.17) is 11.6 Å². The smallest absolute Gasteiger partial charge is 0.296 e. The molecule has 2 heterocycles. The Labute approximate surface area is 170 Å². The number of carbonyl (C=O) groups excluding carboxylic acids is 2. The number of nitrogens with zero attached hydrogens (tertiary/aromatic N) is 2. The van der Waals surface area contributed by atoms with Gasteiger partial charge in [0.25, 0.3) is 0 Å². The molecule has 1 saturated heterocycles. The molecule has 6 nitrogen and oxygen atoms in total. The van der Waals surface area contributed by atoms with E-state index in [1.165, 1.54) is 30.6 Å². The molecule has 0 aliphatic carbocycles. The SMILES string of the molecule is O=C1CCC(c2cccc(-c3ccc(-n4cccnc4=O)c(F)c3)c2Cl)C(=O)N1. The molecule has 1 atom stereocenters. The van der Waals surface area contributed by atoms with Gasteiger partial charge in [0, 0.05) is 24.4 Å². The maximum atomic E-state index is 14.8. The fraction of sp³-hybridized carbons (Fsp3) is 0.143. The molecule has 0 spiro atoms. The summed E-state index contributed by atoms with van der Waals surface area (Å²) in [6.07, 6.45) is 3.38. The van der Waals surface area contributed by atoms with E-state index in [2.05, 4.69) is 10.3 Å². The maximum absolute atomic E-state index is 14.8. The van der Waals surface area contributed by atoms with Gasteiger partial charge < -0.3 is 0 Å². The van der Waals surface area contributed by atoms with E-state index in [1.807, 2.05) is 0 Å². The molecule has 1 fully saturated rings. The third-order valence-electron chi connectivity index (χ3n) is 4.87. The number of piperidine rings is 1. The maximum Gasteiger partial charge on any atom is 0.352 e. The third kappa shape index (κ3) is 3.56. The minimum absolute atomic E-state index is 0.0734. The standard InChI is InChI=1S/C21H15ClFN3O3/c22-19-13(3-1-4-14(19)15-6-8-18(27)25-20(15)28)12-5-7-17(16(23)11-12)26-10-2-9-24-21(26)29/h1-5,7,9-11,15H,6,8H2,(H,25,27,28). The highest BCUT2D eigenvalue weighted by Crippen LogP contribution is 2.37. The summed E-state index contributed by atoms with van der Waals surface area (Å²) in [6, 6.07) is 11.1. The summed E-state index contributed by atoms with van der Waals surface area (Å²) in [5, 5.41) is 2.65. The number of nitrogens with one attached hydrogen (secondary N) is 1. The minimum Gasteiger partial charge on any atom is -0.296 e. The van der Waals surface area contributed by atoms with Crippen LogP contribution in [-0.2, 0) is 9.59 Å². The van der Waals surface area contributed by atoms with Gasteiger partial charge in [-0.05, 0) is 35.7 Å². The summed E-state index contributed by atoms with van der Waals surface area (Å²) >= 11 is 6.56. The Balaban J connectivity index is 1.74. The molecule has 0 bridgehead atoms. The number of halogens is 2. The summed E-state index contributed by atoms with van der Waals surface area (Å²) < 4.78 is 15.9. The highest BCUT2D eigenvalue weighted by Gasteiger charge is 2.30. The van der Waals surface area contributed by atoms with Gasteiger partial charge in [0.05, 0.1) is 16.6 Å². The van der Waals surface area contributed by atoms with E-state index in [-0.39, 0.29) is 18.0 Å². The Morgan fingerprint density at radius 1 is 1.14 bits per heavy atom. The van der Waals surface area contributed by atoms with Crippen LogP contribution in [0.15, 0.2) is 59.7 Å². The van der Waals surface area contributed by atoms with Gasteiger partial charge in [-0.25, -0.2) is 14.2 Å². The van der Waals surface area contributed by atoms with Gasteiger partial charge in [-0.1, -0.05) is 35.9 Å². The normalized spacial score (nSPS) is 16.6. The average Bonchev–Trinajstić information content (AvgIpc) is 2.69. The molecule has 0 radical (unpaired) electrons. The van der Waals surface area contributed by atoms with Crippen molar-refractivity contribution in [3.63, 3.8) is 0 Å². The molecule has 1 aliphatic rings. The average molecular weight is 412 g/mol. The van der Waals surface area contributed by atoms with Gasteiger partial charge in [0.15, 0.2) is 0 Å². The van der Waals surface area contributed by atoms with Crippen molar-refractivity contribution in [2.24, 2.45) is 0 Å². The fourth-order valence-corrected chi connectivity index (χ4v) is 3.81. The zero-order valence-electron chi connectivity index (χ0n) is 15.1. The van der Waals surface area contributed by atoms with Gasteiger partial charge in [-0.15, -0.1) is 0 Å². The van der Waals surface area contributed by atoms with E-state index in [0.29, 0.717) is 28.1 Å². The predicted octanol–water partition coefficient (Wildman–Crippen LogP) is 3.21. The van der Waals surface area contributed by atoms with E-state index in [0.717, 1.165) is 4.57 Å². The Kier molecular flexibility index (Phi) is 4.98. The van der Waals surface area contributed by atoms with Crippen LogP contribution in [0.4, 0.5) is 4.39 Å². The zero-order valence-corrected chi connectivity index (χ0v) is 15.8. The minimum atomic E-state index is -0.611. The molecular formula is C21H15ClFN3O3. The lowest BCUT2D eigenvalue weighted by atomic mass is 9.88. The molecule has 146 valence electrons. The van der Waals surface area contributed by atoms with Crippen molar-refractivity contribution in [1.29, 1.82) is 0 Å². The monoisotopic (exact) mass is 411 g/mol. The van der Waals surface area contributed by atoms with Crippen molar-refractivity contribution in [3.8, 4) is 16.8 Å². The zero-order chi connectivity index (χ0) is 20.5. The summed E-state index contributed by atoms with van der Waals surface area (Å²) in [7, 11) is 0. The fourth-order valence-electron chi connectivity index (χ4n) is 3.44. The summed E-state index contributed by atoms with van der Waals surface area (Å²) in [5.41, 5.74) is 1.13. The Morgan fingerprint density at radius 3 is 2.69 bits per heavy atom. The van der Waals surface area contributed by atoms with Crippen LogP contribution in [0.1, 0.15) is 24.3 Å². The Bertz CT molecular complexity index is 1190. The van der Waals surface area contributed by atoms with Crippen LogP contribution in [0, 0.1) is 5.82 Å². The van der Waals surface area contributed by atoms with Gasteiger partial charge >= 0.3 is 5.69 Å². The summed E-state index contributed by atoms with van der Waals surface area (Å²) in [5.74, 6) is -1.85. The lowest BCUT2D eigenvalue weighted by Gasteiger charge is -2.23. The molecule has 4 rings (SSSR count). The van der Waals surface area contributed by atoms with Crippen molar-refractivity contribution < 1.29 is 14.0 Å². The first-order valence-electron chi connectivity index (χ1n) is 8.92. The van der Waals surface area contributed by atoms with Crippen LogP contribution >= 0.6 is 11.6 Å². The Morgan fingerprint density at radius 2 is 1.97 bits per heavy atom. The molecule has 2 aromatic carbocycles. The van der Waals surface area contributed by atoms with E-state index in [1.54, 1.807) is 24.3 Å². The molecule has 1 N–H and O–H groups in total. The van der Waals surface area contributed by atoms with Crippen LogP contribution in [0.2, 0.25) is 5.02 Å². The molecule has 8 heteroatoms. The molecule has 29 heavy (non-hydrogen) atoms. The van der Waals surface area contributed by atoms with E-state index >= 15 is 0 Å². The van der Waals surface area contributed by atoms with Crippen molar-refractivity contribution in [2.45, 2.75) is 18.8 Å². The number of hydrogen-bond donors (Lipinski definition) is 1.